The summed E-state index contributed by atoms with van der Waals surface area (Å²) < 4.78 is 11.5. The molecule has 164 valence electrons. The lowest BCUT2D eigenvalue weighted by Gasteiger charge is -2.27. The molecule has 0 bridgehead atoms. The number of nitrogens with zero attached hydrogens (tertiary/aromatic N) is 1. The Labute approximate surface area is 192 Å². The maximum atomic E-state index is 13.2. The molecule has 0 atom stereocenters. The molecule has 4 aromatic rings. The van der Waals surface area contributed by atoms with Crippen LogP contribution in [0.4, 0.5) is 5.69 Å². The summed E-state index contributed by atoms with van der Waals surface area (Å²) in [6, 6.07) is 28.6. The van der Waals surface area contributed by atoms with E-state index in [0.717, 1.165) is 27.6 Å². The van der Waals surface area contributed by atoms with Crippen molar-refractivity contribution in [2.24, 2.45) is 0 Å². The molecule has 0 N–H and O–H groups in total. The first-order valence-corrected chi connectivity index (χ1v) is 11.0. The Morgan fingerprint density at radius 2 is 1.42 bits per heavy atom. The van der Waals surface area contributed by atoms with Gasteiger partial charge in [0.2, 0.25) is 0 Å². The molecule has 5 nitrogen and oxygen atoms in total. The maximum Gasteiger partial charge on any atom is 0.318 e. The number of hydrogen-bond acceptors (Lipinski definition) is 4. The topological polar surface area (TPSA) is 55.8 Å². The van der Waals surface area contributed by atoms with Gasteiger partial charge in [-0.3, -0.25) is 9.59 Å². The Kier molecular flexibility index (Phi) is 5.53. The molecule has 0 aromatic heterocycles. The molecule has 5 rings (SSSR count). The molecule has 33 heavy (non-hydrogen) atoms. The fourth-order valence-corrected chi connectivity index (χ4v) is 4.38. The van der Waals surface area contributed by atoms with Gasteiger partial charge in [0.05, 0.1) is 5.69 Å². The van der Waals surface area contributed by atoms with Crippen LogP contribution in [0.25, 0.3) is 10.8 Å². The van der Waals surface area contributed by atoms with E-state index in [1.165, 1.54) is 0 Å². The van der Waals surface area contributed by atoms with Crippen molar-refractivity contribution < 1.29 is 19.1 Å². The summed E-state index contributed by atoms with van der Waals surface area (Å²) in [5.41, 5.74) is 2.27. The molecule has 4 aromatic carbocycles. The van der Waals surface area contributed by atoms with E-state index in [0.29, 0.717) is 18.0 Å². The second kappa shape index (κ2) is 8.79. The SMILES string of the molecule is CCN(C(=O)COC(=O)C1c2ccccc2Oc2ccccc21)c1cccc2ccccc12. The van der Waals surface area contributed by atoms with Gasteiger partial charge in [-0.15, -0.1) is 0 Å². The number of fused-ring (bicyclic) bond motifs is 3. The molecular weight excluding hydrogens is 414 g/mol. The van der Waals surface area contributed by atoms with Crippen LogP contribution in [0.15, 0.2) is 91.0 Å². The minimum absolute atomic E-state index is 0.268. The molecule has 0 spiro atoms. The summed E-state index contributed by atoms with van der Waals surface area (Å²) in [5.74, 6) is -0.145. The Hall–Kier alpha value is -4.12. The number of hydrogen-bond donors (Lipinski definition) is 0. The number of likely N-dealkylation sites (N-methyl/N-ethyl adjacent to an activating group) is 1. The highest BCUT2D eigenvalue weighted by Crippen LogP contribution is 2.44. The van der Waals surface area contributed by atoms with Gasteiger partial charge in [0.1, 0.15) is 17.4 Å². The van der Waals surface area contributed by atoms with Gasteiger partial charge in [0, 0.05) is 23.1 Å². The third kappa shape index (κ3) is 3.82. The summed E-state index contributed by atoms with van der Waals surface area (Å²) in [6.07, 6.45) is 0. The van der Waals surface area contributed by atoms with Crippen molar-refractivity contribution in [3.63, 3.8) is 0 Å². The molecule has 1 aliphatic heterocycles. The van der Waals surface area contributed by atoms with Crippen molar-refractivity contribution >= 4 is 28.3 Å². The second-order valence-corrected chi connectivity index (χ2v) is 7.85. The molecular formula is C28H23NO4. The number of carbonyl (C=O) groups excluding carboxylic acids is 2. The van der Waals surface area contributed by atoms with Crippen molar-refractivity contribution in [1.82, 2.24) is 0 Å². The number of para-hydroxylation sites is 2. The average Bonchev–Trinajstić information content (AvgIpc) is 2.86. The predicted octanol–water partition coefficient (Wildman–Crippen LogP) is 5.67. The third-order valence-electron chi connectivity index (χ3n) is 5.93. The lowest BCUT2D eigenvalue weighted by Crippen LogP contribution is -2.35. The highest BCUT2D eigenvalue weighted by atomic mass is 16.5. The van der Waals surface area contributed by atoms with Crippen LogP contribution in [0, 0.1) is 0 Å². The standard InChI is InChI=1S/C28H23NO4/c1-2-29(23-15-9-11-19-10-3-4-12-20(19)23)26(30)18-32-28(31)27-21-13-5-7-16-24(21)33-25-17-8-6-14-22(25)27/h3-17,27H,2,18H2,1H3. The molecule has 5 heteroatoms. The van der Waals surface area contributed by atoms with Gasteiger partial charge in [-0.1, -0.05) is 72.8 Å². The minimum Gasteiger partial charge on any atom is -0.457 e. The zero-order chi connectivity index (χ0) is 22.8. The van der Waals surface area contributed by atoms with Gasteiger partial charge >= 0.3 is 5.97 Å². The predicted molar refractivity (Wildman–Crippen MR) is 128 cm³/mol. The lowest BCUT2D eigenvalue weighted by molar-refractivity contribution is -0.148. The van der Waals surface area contributed by atoms with E-state index in [2.05, 4.69) is 0 Å². The first-order valence-electron chi connectivity index (χ1n) is 11.0. The first kappa shape index (κ1) is 20.8. The summed E-state index contributed by atoms with van der Waals surface area (Å²) in [4.78, 5) is 28.0. The summed E-state index contributed by atoms with van der Waals surface area (Å²) in [6.45, 7) is 2.04. The third-order valence-corrected chi connectivity index (χ3v) is 5.93. The van der Waals surface area contributed by atoms with Gasteiger partial charge in [0.25, 0.3) is 5.91 Å². The summed E-state index contributed by atoms with van der Waals surface area (Å²) >= 11 is 0. The van der Waals surface area contributed by atoms with Gasteiger partial charge in [-0.05, 0) is 30.5 Å². The Bertz CT molecular complexity index is 1300. The molecule has 0 saturated heterocycles. The highest BCUT2D eigenvalue weighted by molar-refractivity contribution is 6.04. The molecule has 0 unspecified atom stereocenters. The van der Waals surface area contributed by atoms with E-state index in [1.807, 2.05) is 97.9 Å². The van der Waals surface area contributed by atoms with Crippen LogP contribution < -0.4 is 9.64 Å². The van der Waals surface area contributed by atoms with Crippen LogP contribution in [0.3, 0.4) is 0 Å². The molecule has 0 saturated carbocycles. The number of carbonyl (C=O) groups is 2. The van der Waals surface area contributed by atoms with Crippen molar-refractivity contribution in [2.45, 2.75) is 12.8 Å². The van der Waals surface area contributed by atoms with Crippen LogP contribution in [0.1, 0.15) is 24.0 Å². The highest BCUT2D eigenvalue weighted by Gasteiger charge is 2.34. The fourth-order valence-electron chi connectivity index (χ4n) is 4.38. The number of rotatable bonds is 5. The monoisotopic (exact) mass is 437 g/mol. The number of ether oxygens (including phenoxy) is 2. The van der Waals surface area contributed by atoms with Gasteiger partial charge in [0.15, 0.2) is 6.61 Å². The summed E-state index contributed by atoms with van der Waals surface area (Å²) in [7, 11) is 0. The second-order valence-electron chi connectivity index (χ2n) is 7.85. The molecule has 0 fully saturated rings. The van der Waals surface area contributed by atoms with Crippen LogP contribution >= 0.6 is 0 Å². The van der Waals surface area contributed by atoms with Crippen molar-refractivity contribution in [2.75, 3.05) is 18.1 Å². The van der Waals surface area contributed by atoms with Gasteiger partial charge < -0.3 is 14.4 Å². The quantitative estimate of drug-likeness (QED) is 0.377. The van der Waals surface area contributed by atoms with Crippen LogP contribution in [-0.4, -0.2) is 25.0 Å². The van der Waals surface area contributed by atoms with E-state index in [4.69, 9.17) is 9.47 Å². The Morgan fingerprint density at radius 1 is 0.818 bits per heavy atom. The molecule has 1 amide bonds. The number of anilines is 1. The molecule has 0 radical (unpaired) electrons. The van der Waals surface area contributed by atoms with Crippen molar-refractivity contribution in [1.29, 1.82) is 0 Å². The first-order chi connectivity index (χ1) is 16.2. The number of esters is 1. The zero-order valence-corrected chi connectivity index (χ0v) is 18.2. The smallest absolute Gasteiger partial charge is 0.318 e. The van der Waals surface area contributed by atoms with E-state index >= 15 is 0 Å². The Balaban J connectivity index is 1.39. The normalized spacial score (nSPS) is 12.4. The number of amides is 1. The summed E-state index contributed by atoms with van der Waals surface area (Å²) in [5, 5.41) is 2.03. The van der Waals surface area contributed by atoms with Crippen molar-refractivity contribution in [3.05, 3.63) is 102 Å². The minimum atomic E-state index is -0.647. The zero-order valence-electron chi connectivity index (χ0n) is 18.2. The van der Waals surface area contributed by atoms with E-state index in [9.17, 15) is 9.59 Å². The number of benzene rings is 4. The molecule has 0 aliphatic carbocycles. The van der Waals surface area contributed by atoms with Crippen LogP contribution in [0.2, 0.25) is 0 Å². The maximum absolute atomic E-state index is 13.2. The lowest BCUT2D eigenvalue weighted by atomic mass is 9.88. The van der Waals surface area contributed by atoms with E-state index in [1.54, 1.807) is 4.90 Å². The van der Waals surface area contributed by atoms with Gasteiger partial charge in [-0.25, -0.2) is 0 Å². The van der Waals surface area contributed by atoms with E-state index in [-0.39, 0.29) is 12.5 Å². The Morgan fingerprint density at radius 3 is 2.12 bits per heavy atom. The van der Waals surface area contributed by atoms with Gasteiger partial charge in [-0.2, -0.15) is 0 Å². The largest absolute Gasteiger partial charge is 0.457 e. The average molecular weight is 437 g/mol. The van der Waals surface area contributed by atoms with E-state index < -0.39 is 11.9 Å². The molecule has 1 heterocycles. The van der Waals surface area contributed by atoms with Crippen LogP contribution in [0.5, 0.6) is 11.5 Å². The van der Waals surface area contributed by atoms with Crippen LogP contribution in [-0.2, 0) is 14.3 Å². The van der Waals surface area contributed by atoms with Crippen molar-refractivity contribution in [3.8, 4) is 11.5 Å². The fraction of sp³-hybridized carbons (Fsp3) is 0.143. The molecule has 1 aliphatic rings.